The summed E-state index contributed by atoms with van der Waals surface area (Å²) in [6, 6.07) is 16.4. The van der Waals surface area contributed by atoms with Gasteiger partial charge in [-0.3, -0.25) is 0 Å². The minimum Gasteiger partial charge on any atom is -0.375 e. The molecule has 6 nitrogen and oxygen atoms in total. The Morgan fingerprint density at radius 1 is 0.935 bits per heavy atom. The van der Waals surface area contributed by atoms with E-state index in [4.69, 9.17) is 22.6 Å². The first kappa shape index (κ1) is 21.8. The Morgan fingerprint density at radius 2 is 1.68 bits per heavy atom. The number of nitrogens with one attached hydrogen (secondary N) is 1. The molecule has 2 aromatic rings. The van der Waals surface area contributed by atoms with E-state index in [-0.39, 0.29) is 0 Å². The van der Waals surface area contributed by atoms with E-state index in [9.17, 15) is 0 Å². The van der Waals surface area contributed by atoms with Crippen LogP contribution in [-0.2, 0) is 9.47 Å². The summed E-state index contributed by atoms with van der Waals surface area (Å²) in [4.78, 5) is 9.07. The number of halogens is 1. The van der Waals surface area contributed by atoms with Crippen LogP contribution in [0.2, 0.25) is 0 Å². The number of morpholine rings is 2. The molecule has 4 aliphatic rings. The normalized spacial score (nSPS) is 26.9. The maximum atomic E-state index is 7.00. The summed E-state index contributed by atoms with van der Waals surface area (Å²) in [5.41, 5.74) is 2.56. The predicted molar refractivity (Wildman–Crippen MR) is 125 cm³/mol. The third-order valence-electron chi connectivity index (χ3n) is 5.84. The van der Waals surface area contributed by atoms with E-state index in [2.05, 4.69) is 41.9 Å². The van der Waals surface area contributed by atoms with Gasteiger partial charge in [0.1, 0.15) is 0 Å². The second kappa shape index (κ2) is 10.3. The van der Waals surface area contributed by atoms with E-state index in [1.54, 1.807) is 12.1 Å². The van der Waals surface area contributed by atoms with Crippen LogP contribution >= 0.6 is 15.9 Å². The van der Waals surface area contributed by atoms with Gasteiger partial charge < -0.3 is 19.7 Å². The second-order valence-electron chi connectivity index (χ2n) is 8.02. The van der Waals surface area contributed by atoms with Crippen LogP contribution in [0.25, 0.3) is 9.69 Å². The van der Waals surface area contributed by atoms with Crippen LogP contribution in [0.5, 0.6) is 0 Å². The highest BCUT2D eigenvalue weighted by molar-refractivity contribution is 9.10. The highest BCUT2D eigenvalue weighted by atomic mass is 79.9. The summed E-state index contributed by atoms with van der Waals surface area (Å²) in [5.74, 6) is 0. The molecule has 4 fully saturated rings. The molecule has 4 unspecified atom stereocenters. The lowest BCUT2D eigenvalue weighted by molar-refractivity contribution is 0.0892. The fraction of sp³-hybridized carbons (Fsp3) is 0.417. The largest absolute Gasteiger partial charge is 0.375 e. The summed E-state index contributed by atoms with van der Waals surface area (Å²) in [6.07, 6.45) is 3.36. The van der Waals surface area contributed by atoms with Gasteiger partial charge in [-0.05, 0) is 31.0 Å². The number of benzene rings is 2. The number of hydrogen-bond donors (Lipinski definition) is 1. The third-order valence-corrected chi connectivity index (χ3v) is 6.34. The molecule has 0 aliphatic carbocycles. The molecule has 7 heteroatoms. The van der Waals surface area contributed by atoms with Crippen molar-refractivity contribution in [3.63, 3.8) is 0 Å². The lowest BCUT2D eigenvalue weighted by Gasteiger charge is -2.29. The Morgan fingerprint density at radius 3 is 2.13 bits per heavy atom. The molecule has 0 amide bonds. The third kappa shape index (κ3) is 5.64. The van der Waals surface area contributed by atoms with E-state index in [1.807, 2.05) is 30.3 Å². The van der Waals surface area contributed by atoms with Gasteiger partial charge in [0.25, 0.3) is 0 Å². The molecule has 2 aromatic carbocycles. The highest BCUT2D eigenvalue weighted by Crippen LogP contribution is 2.33. The topological polar surface area (TPSA) is 42.5 Å². The summed E-state index contributed by atoms with van der Waals surface area (Å²) in [6.45, 7) is 17.5. The highest BCUT2D eigenvalue weighted by Gasteiger charge is 2.38. The molecule has 0 spiro atoms. The monoisotopic (exact) mass is 480 g/mol. The van der Waals surface area contributed by atoms with E-state index >= 15 is 0 Å². The van der Waals surface area contributed by atoms with Crippen LogP contribution < -0.4 is 10.2 Å². The van der Waals surface area contributed by atoms with Crippen LogP contribution in [0, 0.1) is 13.1 Å². The molecule has 6 rings (SSSR count). The lowest BCUT2D eigenvalue weighted by atomic mass is 10.2. The molecule has 4 heterocycles. The van der Waals surface area contributed by atoms with Gasteiger partial charge in [-0.1, -0.05) is 46.3 Å². The molecule has 160 valence electrons. The molecular weight excluding hydrogens is 456 g/mol. The van der Waals surface area contributed by atoms with Crippen LogP contribution in [0.4, 0.5) is 17.1 Å². The van der Waals surface area contributed by atoms with Crippen LogP contribution in [-0.4, -0.2) is 50.6 Å². The van der Waals surface area contributed by atoms with Crippen molar-refractivity contribution in [1.82, 2.24) is 5.32 Å². The number of rotatable bonds is 1. The molecule has 4 atom stereocenters. The van der Waals surface area contributed by atoms with E-state index in [0.717, 1.165) is 42.9 Å². The summed E-state index contributed by atoms with van der Waals surface area (Å²) in [5, 5.41) is 3.33. The first-order chi connectivity index (χ1) is 15.1. The average Bonchev–Trinajstić information content (AvgIpc) is 3.63. The minimum absolute atomic E-state index is 0.409. The number of ether oxygens (including phenoxy) is 2. The molecule has 0 aromatic heterocycles. The molecule has 1 N–H and O–H groups in total. The molecule has 4 saturated heterocycles. The van der Waals surface area contributed by atoms with E-state index in [0.29, 0.717) is 30.0 Å². The lowest BCUT2D eigenvalue weighted by Crippen LogP contribution is -2.36. The summed E-state index contributed by atoms with van der Waals surface area (Å²) in [7, 11) is 0. The Hall–Kier alpha value is -2.42. The number of anilines is 1. The molecule has 31 heavy (non-hydrogen) atoms. The van der Waals surface area contributed by atoms with Crippen molar-refractivity contribution in [2.24, 2.45) is 0 Å². The van der Waals surface area contributed by atoms with Gasteiger partial charge in [-0.15, -0.1) is 0 Å². The Labute approximate surface area is 191 Å². The second-order valence-corrected chi connectivity index (χ2v) is 8.93. The maximum absolute atomic E-state index is 7.00. The van der Waals surface area contributed by atoms with Crippen molar-refractivity contribution < 1.29 is 9.47 Å². The van der Waals surface area contributed by atoms with E-state index in [1.165, 1.54) is 12.1 Å². The zero-order valence-electron chi connectivity index (χ0n) is 17.2. The molecule has 4 aliphatic heterocycles. The van der Waals surface area contributed by atoms with E-state index < -0.39 is 0 Å². The average molecular weight is 481 g/mol. The summed E-state index contributed by atoms with van der Waals surface area (Å²) >= 11 is 3.26. The zero-order valence-corrected chi connectivity index (χ0v) is 18.8. The smallest absolute Gasteiger partial charge is 0.189 e. The van der Waals surface area contributed by atoms with Crippen molar-refractivity contribution in [2.75, 3.05) is 31.2 Å². The molecule has 0 radical (unpaired) electrons. The Kier molecular flexibility index (Phi) is 7.21. The van der Waals surface area contributed by atoms with Gasteiger partial charge in [0.2, 0.25) is 0 Å². The van der Waals surface area contributed by atoms with Crippen molar-refractivity contribution in [3.8, 4) is 0 Å². The quantitative estimate of drug-likeness (QED) is 0.585. The van der Waals surface area contributed by atoms with Gasteiger partial charge in [0, 0.05) is 29.3 Å². The van der Waals surface area contributed by atoms with Crippen molar-refractivity contribution in [2.45, 2.75) is 37.1 Å². The minimum atomic E-state index is 0.409. The van der Waals surface area contributed by atoms with Gasteiger partial charge in [-0.25, -0.2) is 9.69 Å². The maximum Gasteiger partial charge on any atom is 0.189 e. The SMILES string of the molecule is C1OC2CNC1C2.[C-]#[N+]c1cccc(Br)c1.[C-]#[N+]c1cccc(N2CC3CC2CO3)c1. The van der Waals surface area contributed by atoms with Crippen LogP contribution in [0.1, 0.15) is 12.8 Å². The Bertz CT molecular complexity index is 968. The molecular formula is C24H25BrN4O2. The van der Waals surface area contributed by atoms with Crippen molar-refractivity contribution in [3.05, 3.63) is 75.8 Å². The van der Waals surface area contributed by atoms with Crippen LogP contribution in [0.3, 0.4) is 0 Å². The number of hydrogen-bond acceptors (Lipinski definition) is 4. The van der Waals surface area contributed by atoms with Crippen molar-refractivity contribution in [1.29, 1.82) is 0 Å². The number of nitrogens with zero attached hydrogens (tertiary/aromatic N) is 3. The van der Waals surface area contributed by atoms with Crippen LogP contribution in [0.15, 0.2) is 53.0 Å². The number of fused-ring (bicyclic) bond motifs is 4. The van der Waals surface area contributed by atoms with Gasteiger partial charge in [0.15, 0.2) is 11.4 Å². The standard InChI is InChI=1S/C12H12N2O.C7H4BrN.C5H9NO/c1-13-9-3-2-4-10(5-9)14-7-12-6-11(14)8-15-12;1-9-7-4-2-3-6(8)5-7;1-4-3-7-5(1)2-6-4/h2-5,11-12H,6-8H2;2-5H;4-6H,1-3H2. The first-order valence-corrected chi connectivity index (χ1v) is 11.3. The Balaban J connectivity index is 0.000000123. The first-order valence-electron chi connectivity index (χ1n) is 10.5. The summed E-state index contributed by atoms with van der Waals surface area (Å²) < 4.78 is 11.8. The molecule has 0 saturated carbocycles. The van der Waals surface area contributed by atoms with Gasteiger partial charge >= 0.3 is 0 Å². The fourth-order valence-corrected chi connectivity index (χ4v) is 4.68. The fourth-order valence-electron chi connectivity index (χ4n) is 4.29. The predicted octanol–water partition coefficient (Wildman–Crippen LogP) is 4.96. The van der Waals surface area contributed by atoms with Gasteiger partial charge in [0.05, 0.1) is 44.6 Å². The molecule has 4 bridgehead atoms. The zero-order chi connectivity index (χ0) is 21.6. The van der Waals surface area contributed by atoms with Crippen molar-refractivity contribution >= 4 is 33.0 Å². The van der Waals surface area contributed by atoms with Gasteiger partial charge in [-0.2, -0.15) is 0 Å².